The number of carboxylic acid groups (broad SMARTS) is 1. The highest BCUT2D eigenvalue weighted by Crippen LogP contribution is 2.16. The van der Waals surface area contributed by atoms with E-state index in [-0.39, 0.29) is 12.2 Å². The van der Waals surface area contributed by atoms with E-state index in [1.54, 1.807) is 18.3 Å². The predicted octanol–water partition coefficient (Wildman–Crippen LogP) is 1.64. The number of rotatable bonds is 0. The summed E-state index contributed by atoms with van der Waals surface area (Å²) in [6, 6.07) is 8.98. The molecule has 72 valence electrons. The summed E-state index contributed by atoms with van der Waals surface area (Å²) < 4.78 is 0. The van der Waals surface area contributed by atoms with Crippen LogP contribution in [0, 0.1) is 0 Å². The zero-order chi connectivity index (χ0) is 10.4. The molecule has 0 fully saturated rings. The third kappa shape index (κ3) is 2.45. The third-order valence-corrected chi connectivity index (χ3v) is 1.59. The average Bonchev–Trinajstić information content (AvgIpc) is 2.19. The first kappa shape index (κ1) is 9.98. The number of phenolic OH excluding ortho intramolecular Hbond substituents is 1. The molecule has 0 aliphatic rings. The molecular weight excluding hydrogens is 182 g/mol. The Morgan fingerprint density at radius 2 is 2.00 bits per heavy atom. The number of hydrogen-bond acceptors (Lipinski definition) is 3. The number of nitrogens with zero attached hydrogens (tertiary/aromatic N) is 1. The van der Waals surface area contributed by atoms with Crippen molar-refractivity contribution >= 4 is 17.4 Å². The number of pyridine rings is 1. The van der Waals surface area contributed by atoms with Crippen LogP contribution in [0.25, 0.3) is 10.9 Å². The molecule has 0 amide bonds. The van der Waals surface area contributed by atoms with E-state index in [0.29, 0.717) is 0 Å². The molecule has 4 nitrogen and oxygen atoms in total. The zero-order valence-corrected chi connectivity index (χ0v) is 7.29. The molecule has 14 heavy (non-hydrogen) atoms. The van der Waals surface area contributed by atoms with Gasteiger partial charge in [0.2, 0.25) is 0 Å². The molecule has 1 heterocycles. The standard InChI is InChI=1S/C9H7NO.CH2O2/c11-8-4-3-7-2-1-5-10-9(7)6-8;2-1-3/h1-6,11H;1H,(H,2,3). The van der Waals surface area contributed by atoms with Crippen LogP contribution in [0.3, 0.4) is 0 Å². The Morgan fingerprint density at radius 1 is 1.29 bits per heavy atom. The minimum absolute atomic E-state index is 0.250. The van der Waals surface area contributed by atoms with Crippen molar-refractivity contribution in [1.29, 1.82) is 0 Å². The minimum atomic E-state index is -0.250. The molecule has 2 aromatic rings. The summed E-state index contributed by atoms with van der Waals surface area (Å²) >= 11 is 0. The fourth-order valence-electron chi connectivity index (χ4n) is 1.05. The van der Waals surface area contributed by atoms with Crippen LogP contribution < -0.4 is 0 Å². The Balaban J connectivity index is 0.000000293. The minimum Gasteiger partial charge on any atom is -0.508 e. The van der Waals surface area contributed by atoms with Gasteiger partial charge in [0.15, 0.2) is 0 Å². The third-order valence-electron chi connectivity index (χ3n) is 1.59. The monoisotopic (exact) mass is 191 g/mol. The maximum Gasteiger partial charge on any atom is 0.290 e. The molecule has 0 radical (unpaired) electrons. The molecule has 0 saturated carbocycles. The Bertz CT molecular complexity index is 428. The summed E-state index contributed by atoms with van der Waals surface area (Å²) in [7, 11) is 0. The van der Waals surface area contributed by atoms with E-state index in [1.165, 1.54) is 0 Å². The van der Waals surface area contributed by atoms with Gasteiger partial charge in [-0.25, -0.2) is 0 Å². The largest absolute Gasteiger partial charge is 0.508 e. The van der Waals surface area contributed by atoms with Crippen molar-refractivity contribution in [1.82, 2.24) is 4.98 Å². The maximum absolute atomic E-state index is 9.09. The van der Waals surface area contributed by atoms with Gasteiger partial charge in [0.05, 0.1) is 5.52 Å². The lowest BCUT2D eigenvalue weighted by Crippen LogP contribution is -1.75. The molecule has 0 atom stereocenters. The number of hydrogen-bond donors (Lipinski definition) is 2. The van der Waals surface area contributed by atoms with E-state index < -0.39 is 0 Å². The molecular formula is C10H9NO3. The molecule has 2 rings (SSSR count). The van der Waals surface area contributed by atoms with Crippen LogP contribution in [0.2, 0.25) is 0 Å². The number of fused-ring (bicyclic) bond motifs is 1. The van der Waals surface area contributed by atoms with Crippen LogP contribution in [0.1, 0.15) is 0 Å². The van der Waals surface area contributed by atoms with Gasteiger partial charge < -0.3 is 10.2 Å². The summed E-state index contributed by atoms with van der Waals surface area (Å²) in [6.45, 7) is -0.250. The highest BCUT2D eigenvalue weighted by atomic mass is 16.3. The maximum atomic E-state index is 9.09. The molecule has 0 aliphatic heterocycles. The van der Waals surface area contributed by atoms with Gasteiger partial charge in [-0.15, -0.1) is 0 Å². The van der Waals surface area contributed by atoms with Crippen molar-refractivity contribution in [2.45, 2.75) is 0 Å². The van der Waals surface area contributed by atoms with Crippen LogP contribution in [0.4, 0.5) is 0 Å². The fourth-order valence-corrected chi connectivity index (χ4v) is 1.05. The molecule has 2 N–H and O–H groups in total. The second-order valence-electron chi connectivity index (χ2n) is 2.49. The number of benzene rings is 1. The summed E-state index contributed by atoms with van der Waals surface area (Å²) in [4.78, 5) is 12.4. The van der Waals surface area contributed by atoms with Gasteiger partial charge in [-0.05, 0) is 18.2 Å². The number of phenols is 1. The number of aromatic hydroxyl groups is 1. The normalized spacial score (nSPS) is 8.86. The van der Waals surface area contributed by atoms with Crippen LogP contribution in [0.15, 0.2) is 36.5 Å². The topological polar surface area (TPSA) is 70.4 Å². The van der Waals surface area contributed by atoms with E-state index in [1.807, 2.05) is 18.2 Å². The van der Waals surface area contributed by atoms with Crippen LogP contribution >= 0.6 is 0 Å². The van der Waals surface area contributed by atoms with Crippen molar-refractivity contribution in [3.63, 3.8) is 0 Å². The van der Waals surface area contributed by atoms with E-state index >= 15 is 0 Å². The summed E-state index contributed by atoms with van der Waals surface area (Å²) in [6.07, 6.45) is 1.71. The highest BCUT2D eigenvalue weighted by molar-refractivity contribution is 5.79. The zero-order valence-electron chi connectivity index (χ0n) is 7.29. The fraction of sp³-hybridized carbons (Fsp3) is 0. The van der Waals surface area contributed by atoms with Gasteiger partial charge in [-0.2, -0.15) is 0 Å². The molecule has 4 heteroatoms. The first-order chi connectivity index (χ1) is 6.77. The van der Waals surface area contributed by atoms with Crippen LogP contribution in [0.5, 0.6) is 5.75 Å². The van der Waals surface area contributed by atoms with Crippen molar-refractivity contribution < 1.29 is 15.0 Å². The van der Waals surface area contributed by atoms with E-state index in [9.17, 15) is 0 Å². The van der Waals surface area contributed by atoms with Gasteiger partial charge in [-0.3, -0.25) is 9.78 Å². The first-order valence-electron chi connectivity index (χ1n) is 3.89. The van der Waals surface area contributed by atoms with Crippen molar-refractivity contribution in [2.75, 3.05) is 0 Å². The van der Waals surface area contributed by atoms with Crippen LogP contribution in [-0.2, 0) is 4.79 Å². The molecule has 0 spiro atoms. The van der Waals surface area contributed by atoms with E-state index in [4.69, 9.17) is 15.0 Å². The second-order valence-corrected chi connectivity index (χ2v) is 2.49. The quantitative estimate of drug-likeness (QED) is 0.621. The number of carbonyl (C=O) groups is 1. The lowest BCUT2D eigenvalue weighted by atomic mass is 10.2. The Labute approximate surface area is 80.5 Å². The molecule has 0 bridgehead atoms. The first-order valence-corrected chi connectivity index (χ1v) is 3.89. The van der Waals surface area contributed by atoms with Crippen LogP contribution in [-0.4, -0.2) is 21.7 Å². The molecule has 0 saturated heterocycles. The summed E-state index contributed by atoms with van der Waals surface area (Å²) in [5.41, 5.74) is 0.826. The lowest BCUT2D eigenvalue weighted by molar-refractivity contribution is -0.122. The van der Waals surface area contributed by atoms with Crippen molar-refractivity contribution in [2.24, 2.45) is 0 Å². The lowest BCUT2D eigenvalue weighted by Gasteiger charge is -1.95. The molecule has 0 unspecified atom stereocenters. The van der Waals surface area contributed by atoms with Gasteiger partial charge in [-0.1, -0.05) is 6.07 Å². The van der Waals surface area contributed by atoms with Crippen molar-refractivity contribution in [3.05, 3.63) is 36.5 Å². The molecule has 0 aliphatic carbocycles. The van der Waals surface area contributed by atoms with Gasteiger partial charge in [0, 0.05) is 17.6 Å². The summed E-state index contributed by atoms with van der Waals surface area (Å²) in [5, 5.41) is 17.0. The van der Waals surface area contributed by atoms with Crippen molar-refractivity contribution in [3.8, 4) is 5.75 Å². The van der Waals surface area contributed by atoms with Gasteiger partial charge in [0.25, 0.3) is 6.47 Å². The Kier molecular flexibility index (Phi) is 3.43. The van der Waals surface area contributed by atoms with E-state index in [2.05, 4.69) is 4.98 Å². The van der Waals surface area contributed by atoms with Gasteiger partial charge >= 0.3 is 0 Å². The van der Waals surface area contributed by atoms with E-state index in [0.717, 1.165) is 10.9 Å². The Morgan fingerprint density at radius 3 is 2.71 bits per heavy atom. The molecule has 1 aromatic carbocycles. The second kappa shape index (κ2) is 4.81. The Hall–Kier alpha value is -2.10. The number of aromatic nitrogens is 1. The predicted molar refractivity (Wildman–Crippen MR) is 52.1 cm³/mol. The SMILES string of the molecule is O=CO.Oc1ccc2cccnc2c1. The average molecular weight is 191 g/mol. The van der Waals surface area contributed by atoms with Gasteiger partial charge in [0.1, 0.15) is 5.75 Å². The highest BCUT2D eigenvalue weighted by Gasteiger charge is 1.92. The summed E-state index contributed by atoms with van der Waals surface area (Å²) in [5.74, 6) is 0.260. The smallest absolute Gasteiger partial charge is 0.290 e. The molecule has 1 aromatic heterocycles.